The van der Waals surface area contributed by atoms with Gasteiger partial charge in [0, 0.05) is 11.9 Å². The second-order valence-electron chi connectivity index (χ2n) is 6.39. The minimum absolute atomic E-state index is 0.258. The van der Waals surface area contributed by atoms with E-state index in [0.717, 1.165) is 29.0 Å². The van der Waals surface area contributed by atoms with E-state index in [0.29, 0.717) is 5.69 Å². The zero-order chi connectivity index (χ0) is 19.3. The Balaban J connectivity index is 1.75. The quantitative estimate of drug-likeness (QED) is 0.398. The molecule has 0 bridgehead atoms. The van der Waals surface area contributed by atoms with Crippen molar-refractivity contribution >= 4 is 17.0 Å². The van der Waals surface area contributed by atoms with E-state index in [1.54, 1.807) is 24.3 Å². The lowest BCUT2D eigenvalue weighted by Crippen LogP contribution is -2.17. The summed E-state index contributed by atoms with van der Waals surface area (Å²) in [6.45, 7) is 0.736. The van der Waals surface area contributed by atoms with Crippen LogP contribution in [0.15, 0.2) is 89.2 Å². The molecule has 0 fully saturated rings. The van der Waals surface area contributed by atoms with E-state index in [9.17, 15) is 8.78 Å². The van der Waals surface area contributed by atoms with Gasteiger partial charge in [-0.2, -0.15) is 0 Å². The highest BCUT2D eigenvalue weighted by Gasteiger charge is 2.09. The Morgan fingerprint density at radius 3 is 2.11 bits per heavy atom. The van der Waals surface area contributed by atoms with E-state index >= 15 is 0 Å². The molecule has 0 unspecified atom stereocenters. The zero-order valence-electron chi connectivity index (χ0n) is 15.1. The van der Waals surface area contributed by atoms with E-state index in [4.69, 9.17) is 4.99 Å². The van der Waals surface area contributed by atoms with Crippen molar-refractivity contribution in [2.45, 2.75) is 13.0 Å². The molecule has 0 saturated heterocycles. The number of rotatable bonds is 5. The van der Waals surface area contributed by atoms with Crippen molar-refractivity contribution in [1.29, 1.82) is 0 Å². The van der Waals surface area contributed by atoms with E-state index in [-0.39, 0.29) is 11.6 Å². The molecule has 28 heavy (non-hydrogen) atoms. The number of halogens is 2. The van der Waals surface area contributed by atoms with Gasteiger partial charge in [-0.1, -0.05) is 30.3 Å². The lowest BCUT2D eigenvalue weighted by Gasteiger charge is -2.10. The van der Waals surface area contributed by atoms with Crippen LogP contribution >= 0.6 is 11.3 Å². The first-order valence-corrected chi connectivity index (χ1v) is 9.85. The Labute approximate surface area is 166 Å². The molecule has 1 heterocycles. The minimum atomic E-state index is -0.283. The topological polar surface area (TPSA) is 17.3 Å². The molecule has 0 spiro atoms. The van der Waals surface area contributed by atoms with Crippen molar-refractivity contribution < 1.29 is 8.78 Å². The summed E-state index contributed by atoms with van der Waals surface area (Å²) in [6.07, 6.45) is 0.850. The van der Waals surface area contributed by atoms with Crippen molar-refractivity contribution in [2.75, 3.05) is 0 Å². The molecule has 0 N–H and O–H groups in total. The zero-order valence-corrected chi connectivity index (χ0v) is 15.9. The summed E-state index contributed by atoms with van der Waals surface area (Å²) in [5.41, 5.74) is 3.86. The fourth-order valence-electron chi connectivity index (χ4n) is 3.00. The van der Waals surface area contributed by atoms with Crippen LogP contribution < -0.4 is 4.80 Å². The molecule has 140 valence electrons. The molecule has 4 rings (SSSR count). The van der Waals surface area contributed by atoms with Crippen molar-refractivity contribution in [3.05, 3.63) is 106 Å². The predicted molar refractivity (Wildman–Crippen MR) is 109 cm³/mol. The summed E-state index contributed by atoms with van der Waals surface area (Å²) in [5, 5.41) is 2.03. The molecule has 3 aromatic carbocycles. The lowest BCUT2D eigenvalue weighted by molar-refractivity contribution is 0.627. The molecule has 5 heteroatoms. The monoisotopic (exact) mass is 392 g/mol. The molecule has 0 aliphatic heterocycles. The molecule has 2 nitrogen and oxygen atoms in total. The van der Waals surface area contributed by atoms with E-state index < -0.39 is 0 Å². The molecular formula is C23H18F2N2S. The summed E-state index contributed by atoms with van der Waals surface area (Å²) < 4.78 is 28.7. The Morgan fingerprint density at radius 1 is 0.786 bits per heavy atom. The average Bonchev–Trinajstić information content (AvgIpc) is 3.12. The first kappa shape index (κ1) is 18.3. The van der Waals surface area contributed by atoms with Crippen LogP contribution in [0, 0.1) is 11.6 Å². The summed E-state index contributed by atoms with van der Waals surface area (Å²) in [5.74, 6) is -0.542. The number of aromatic nitrogens is 1. The van der Waals surface area contributed by atoms with Gasteiger partial charge in [-0.3, -0.25) is 0 Å². The molecular weight excluding hydrogens is 374 g/mol. The fraction of sp³-hybridized carbons (Fsp3) is 0.0870. The van der Waals surface area contributed by atoms with Crippen LogP contribution in [0.25, 0.3) is 11.3 Å². The Hall–Kier alpha value is -3.05. The highest BCUT2D eigenvalue weighted by Crippen LogP contribution is 2.22. The van der Waals surface area contributed by atoms with Crippen LogP contribution in [-0.4, -0.2) is 4.57 Å². The second kappa shape index (κ2) is 8.31. The summed E-state index contributed by atoms with van der Waals surface area (Å²) >= 11 is 1.52. The van der Waals surface area contributed by atoms with E-state index in [1.807, 2.05) is 23.6 Å². The highest BCUT2D eigenvalue weighted by molar-refractivity contribution is 7.07. The first-order chi connectivity index (χ1) is 13.7. The molecule has 0 amide bonds. The lowest BCUT2D eigenvalue weighted by atomic mass is 10.1. The van der Waals surface area contributed by atoms with Crippen molar-refractivity contribution in [3.63, 3.8) is 0 Å². The number of aryl methyl sites for hydroxylation is 1. The van der Waals surface area contributed by atoms with Gasteiger partial charge < -0.3 is 4.57 Å². The first-order valence-electron chi connectivity index (χ1n) is 8.97. The summed E-state index contributed by atoms with van der Waals surface area (Å²) in [6, 6.07) is 22.9. The van der Waals surface area contributed by atoms with Crippen LogP contribution in [0.2, 0.25) is 0 Å². The van der Waals surface area contributed by atoms with Crippen LogP contribution in [0.4, 0.5) is 14.5 Å². The van der Waals surface area contributed by atoms with Crippen molar-refractivity contribution in [3.8, 4) is 11.3 Å². The average molecular weight is 392 g/mol. The van der Waals surface area contributed by atoms with Crippen LogP contribution in [-0.2, 0) is 13.0 Å². The summed E-state index contributed by atoms with van der Waals surface area (Å²) in [4.78, 5) is 5.52. The van der Waals surface area contributed by atoms with Gasteiger partial charge in [0.15, 0.2) is 4.80 Å². The van der Waals surface area contributed by atoms with Gasteiger partial charge in [-0.15, -0.1) is 11.3 Å². The SMILES string of the molecule is Fc1ccc(N=c2scc(-c3ccc(F)cc3)n2CCc2ccccc2)cc1. The maximum atomic E-state index is 13.3. The van der Waals surface area contributed by atoms with Crippen LogP contribution in [0.3, 0.4) is 0 Å². The minimum Gasteiger partial charge on any atom is -0.316 e. The normalized spacial score (nSPS) is 11.7. The van der Waals surface area contributed by atoms with Gasteiger partial charge in [-0.25, -0.2) is 13.8 Å². The van der Waals surface area contributed by atoms with E-state index in [2.05, 4.69) is 16.7 Å². The standard InChI is InChI=1S/C23H18F2N2S/c24-19-8-6-18(7-9-19)22-16-28-23(26-21-12-10-20(25)11-13-21)27(22)15-14-17-4-2-1-3-5-17/h1-13,16H,14-15H2. The number of hydrogen-bond acceptors (Lipinski definition) is 2. The van der Waals surface area contributed by atoms with Crippen molar-refractivity contribution in [2.24, 2.45) is 4.99 Å². The van der Waals surface area contributed by atoms with Crippen molar-refractivity contribution in [1.82, 2.24) is 4.57 Å². The third-order valence-corrected chi connectivity index (χ3v) is 5.32. The highest BCUT2D eigenvalue weighted by atomic mass is 32.1. The summed E-state index contributed by atoms with van der Waals surface area (Å²) in [7, 11) is 0. The molecule has 1 aromatic heterocycles. The fourth-order valence-corrected chi connectivity index (χ4v) is 3.95. The molecule has 0 aliphatic rings. The number of hydrogen-bond donors (Lipinski definition) is 0. The molecule has 0 saturated carbocycles. The van der Waals surface area contributed by atoms with Gasteiger partial charge in [-0.05, 0) is 66.1 Å². The molecule has 0 aliphatic carbocycles. The molecule has 4 aromatic rings. The maximum Gasteiger partial charge on any atom is 0.190 e. The number of benzene rings is 3. The second-order valence-corrected chi connectivity index (χ2v) is 7.22. The van der Waals surface area contributed by atoms with E-state index in [1.165, 1.54) is 41.2 Å². The van der Waals surface area contributed by atoms with Gasteiger partial charge in [0.2, 0.25) is 0 Å². The third kappa shape index (κ3) is 4.26. The Bertz CT molecular complexity index is 1110. The van der Waals surface area contributed by atoms with Gasteiger partial charge in [0.1, 0.15) is 11.6 Å². The molecule has 0 atom stereocenters. The third-order valence-electron chi connectivity index (χ3n) is 4.46. The largest absolute Gasteiger partial charge is 0.316 e. The van der Waals surface area contributed by atoms with Gasteiger partial charge in [0.25, 0.3) is 0 Å². The predicted octanol–water partition coefficient (Wildman–Crippen LogP) is 5.97. The number of nitrogens with zero attached hydrogens (tertiary/aromatic N) is 2. The molecule has 0 radical (unpaired) electrons. The Kier molecular flexibility index (Phi) is 5.44. The smallest absolute Gasteiger partial charge is 0.190 e. The van der Waals surface area contributed by atoms with Crippen LogP contribution in [0.1, 0.15) is 5.56 Å². The Morgan fingerprint density at radius 2 is 1.43 bits per heavy atom. The number of thiazole rings is 1. The van der Waals surface area contributed by atoms with Gasteiger partial charge >= 0.3 is 0 Å². The maximum absolute atomic E-state index is 13.3. The van der Waals surface area contributed by atoms with Crippen LogP contribution in [0.5, 0.6) is 0 Å². The van der Waals surface area contributed by atoms with Gasteiger partial charge in [0.05, 0.1) is 11.4 Å².